The summed E-state index contributed by atoms with van der Waals surface area (Å²) in [5.74, 6) is 1.24. The van der Waals surface area contributed by atoms with E-state index in [1.54, 1.807) is 11.2 Å². The average Bonchev–Trinajstić information content (AvgIpc) is 2.24. The Balaban J connectivity index is 2.12. The van der Waals surface area contributed by atoms with Crippen LogP contribution in [0.5, 0.6) is 0 Å². The van der Waals surface area contributed by atoms with Crippen LogP contribution in [-0.4, -0.2) is 44.2 Å². The van der Waals surface area contributed by atoms with Crippen molar-refractivity contribution >= 4 is 10.0 Å². The molecule has 15 heavy (non-hydrogen) atoms. The summed E-state index contributed by atoms with van der Waals surface area (Å²) in [6, 6.07) is 0.455. The van der Waals surface area contributed by atoms with Crippen LogP contribution in [0, 0.1) is 11.8 Å². The van der Waals surface area contributed by atoms with Gasteiger partial charge in [-0.3, -0.25) is 0 Å². The van der Waals surface area contributed by atoms with Gasteiger partial charge in [-0.05, 0) is 38.6 Å². The number of nitrogens with one attached hydrogen (secondary N) is 1. The Kier molecular flexibility index (Phi) is 3.05. The number of rotatable bonds is 2. The van der Waals surface area contributed by atoms with Gasteiger partial charge in [0.1, 0.15) is 0 Å². The van der Waals surface area contributed by atoms with Crippen LogP contribution in [-0.2, 0) is 10.0 Å². The van der Waals surface area contributed by atoms with Gasteiger partial charge in [-0.1, -0.05) is 0 Å². The zero-order valence-electron chi connectivity index (χ0n) is 9.44. The van der Waals surface area contributed by atoms with Crippen molar-refractivity contribution in [2.24, 2.45) is 11.8 Å². The van der Waals surface area contributed by atoms with E-state index in [9.17, 15) is 8.42 Å². The van der Waals surface area contributed by atoms with E-state index in [2.05, 4.69) is 12.2 Å². The maximum absolute atomic E-state index is 11.8. The molecule has 0 radical (unpaired) electrons. The number of hydrogen-bond acceptors (Lipinski definition) is 3. The number of piperidine rings is 2. The molecule has 3 atom stereocenters. The minimum atomic E-state index is -2.98. The molecule has 0 aliphatic carbocycles. The van der Waals surface area contributed by atoms with E-state index < -0.39 is 10.0 Å². The molecule has 2 rings (SSSR count). The molecule has 2 heterocycles. The Morgan fingerprint density at radius 1 is 1.40 bits per heavy atom. The molecule has 5 heteroatoms. The Bertz CT molecular complexity index is 328. The third kappa shape index (κ3) is 2.19. The van der Waals surface area contributed by atoms with E-state index in [0.717, 1.165) is 6.54 Å². The number of hydrogen-bond donors (Lipinski definition) is 1. The molecular formula is C10H20N2O2S. The van der Waals surface area contributed by atoms with Gasteiger partial charge in [0.05, 0.1) is 5.75 Å². The smallest absolute Gasteiger partial charge is 0.213 e. The molecule has 4 nitrogen and oxygen atoms in total. The summed E-state index contributed by atoms with van der Waals surface area (Å²) in [6.07, 6.45) is 1.18. The summed E-state index contributed by atoms with van der Waals surface area (Å²) in [6.45, 7) is 6.27. The van der Waals surface area contributed by atoms with E-state index in [1.807, 2.05) is 0 Å². The lowest BCUT2D eigenvalue weighted by Gasteiger charge is -2.44. The van der Waals surface area contributed by atoms with Crippen LogP contribution in [0.4, 0.5) is 0 Å². The first-order valence-electron chi connectivity index (χ1n) is 5.74. The normalized spacial score (nSPS) is 37.9. The predicted octanol–water partition coefficient (Wildman–Crippen LogP) is 0.266. The van der Waals surface area contributed by atoms with Crippen LogP contribution in [0.15, 0.2) is 0 Å². The zero-order chi connectivity index (χ0) is 11.1. The molecule has 0 aromatic heterocycles. The lowest BCUT2D eigenvalue weighted by molar-refractivity contribution is 0.125. The molecule has 1 N–H and O–H groups in total. The van der Waals surface area contributed by atoms with Gasteiger partial charge >= 0.3 is 0 Å². The molecular weight excluding hydrogens is 212 g/mol. The summed E-state index contributed by atoms with van der Waals surface area (Å²) >= 11 is 0. The SMILES string of the molecule is CCS(=O)(=O)N1C[C@H]2CN[C@@H](C)[C@@H](C2)C1. The molecule has 2 saturated heterocycles. The number of sulfonamides is 1. The van der Waals surface area contributed by atoms with Gasteiger partial charge in [0.2, 0.25) is 10.0 Å². The minimum absolute atomic E-state index is 0.230. The molecule has 0 amide bonds. The van der Waals surface area contributed by atoms with Crippen LogP contribution < -0.4 is 5.32 Å². The topological polar surface area (TPSA) is 49.4 Å². The molecule has 2 fully saturated rings. The fourth-order valence-corrected chi connectivity index (χ4v) is 3.86. The van der Waals surface area contributed by atoms with Crippen LogP contribution in [0.2, 0.25) is 0 Å². The van der Waals surface area contributed by atoms with Crippen molar-refractivity contribution in [3.63, 3.8) is 0 Å². The largest absolute Gasteiger partial charge is 0.314 e. The maximum atomic E-state index is 11.8. The number of fused-ring (bicyclic) bond motifs is 2. The highest BCUT2D eigenvalue weighted by Gasteiger charge is 2.38. The summed E-state index contributed by atoms with van der Waals surface area (Å²) in [7, 11) is -2.98. The predicted molar refractivity (Wildman–Crippen MR) is 60.1 cm³/mol. The van der Waals surface area contributed by atoms with Crippen molar-refractivity contribution < 1.29 is 8.42 Å². The second-order valence-electron chi connectivity index (χ2n) is 4.78. The summed E-state index contributed by atoms with van der Waals surface area (Å²) < 4.78 is 25.3. The fraction of sp³-hybridized carbons (Fsp3) is 1.00. The molecule has 0 unspecified atom stereocenters. The third-order valence-electron chi connectivity index (χ3n) is 3.73. The first-order valence-corrected chi connectivity index (χ1v) is 7.35. The van der Waals surface area contributed by atoms with Gasteiger partial charge in [0.25, 0.3) is 0 Å². The van der Waals surface area contributed by atoms with E-state index in [0.29, 0.717) is 31.0 Å². The zero-order valence-corrected chi connectivity index (χ0v) is 10.3. The first kappa shape index (κ1) is 11.4. The highest BCUT2D eigenvalue weighted by atomic mass is 32.2. The minimum Gasteiger partial charge on any atom is -0.314 e. The Labute approximate surface area is 92.1 Å². The first-order chi connectivity index (χ1) is 7.03. The second-order valence-corrected chi connectivity index (χ2v) is 7.03. The summed E-state index contributed by atoms with van der Waals surface area (Å²) in [5.41, 5.74) is 0. The standard InChI is InChI=1S/C10H20N2O2S/c1-3-15(13,14)12-6-9-4-10(7-12)8(2)11-5-9/h8-11H,3-7H2,1-2H3/t8-,9+,10-/m0/s1. The summed E-state index contributed by atoms with van der Waals surface area (Å²) in [4.78, 5) is 0. The van der Waals surface area contributed by atoms with Gasteiger partial charge in [-0.25, -0.2) is 12.7 Å². The van der Waals surface area contributed by atoms with E-state index >= 15 is 0 Å². The van der Waals surface area contributed by atoms with Crippen LogP contribution in [0.1, 0.15) is 20.3 Å². The monoisotopic (exact) mass is 232 g/mol. The van der Waals surface area contributed by atoms with Gasteiger partial charge in [0, 0.05) is 19.1 Å². The van der Waals surface area contributed by atoms with Gasteiger partial charge in [-0.2, -0.15) is 0 Å². The Hall–Kier alpha value is -0.130. The van der Waals surface area contributed by atoms with E-state index in [4.69, 9.17) is 0 Å². The van der Waals surface area contributed by atoms with Gasteiger partial charge < -0.3 is 5.32 Å². The molecule has 0 aromatic carbocycles. The second kappa shape index (κ2) is 4.03. The van der Waals surface area contributed by atoms with Crippen molar-refractivity contribution in [1.82, 2.24) is 9.62 Å². The van der Waals surface area contributed by atoms with Gasteiger partial charge in [-0.15, -0.1) is 0 Å². The summed E-state index contributed by atoms with van der Waals surface area (Å²) in [5, 5.41) is 3.45. The lowest BCUT2D eigenvalue weighted by Crippen LogP contribution is -2.56. The highest BCUT2D eigenvalue weighted by molar-refractivity contribution is 7.89. The molecule has 0 aromatic rings. The third-order valence-corrected chi connectivity index (χ3v) is 5.54. The molecule has 0 saturated carbocycles. The van der Waals surface area contributed by atoms with Crippen molar-refractivity contribution in [2.75, 3.05) is 25.4 Å². The van der Waals surface area contributed by atoms with Crippen molar-refractivity contribution in [2.45, 2.75) is 26.3 Å². The molecule has 2 bridgehead atoms. The Morgan fingerprint density at radius 3 is 2.80 bits per heavy atom. The van der Waals surface area contributed by atoms with E-state index in [1.165, 1.54) is 6.42 Å². The number of nitrogens with zero attached hydrogens (tertiary/aromatic N) is 1. The molecule has 88 valence electrons. The lowest BCUT2D eigenvalue weighted by atomic mass is 9.82. The van der Waals surface area contributed by atoms with Crippen LogP contribution in [0.3, 0.4) is 0 Å². The average molecular weight is 232 g/mol. The van der Waals surface area contributed by atoms with Crippen LogP contribution in [0.25, 0.3) is 0 Å². The molecule has 2 aliphatic rings. The van der Waals surface area contributed by atoms with Crippen LogP contribution >= 0.6 is 0 Å². The highest BCUT2D eigenvalue weighted by Crippen LogP contribution is 2.29. The van der Waals surface area contributed by atoms with Crippen molar-refractivity contribution in [3.8, 4) is 0 Å². The molecule has 2 aliphatic heterocycles. The van der Waals surface area contributed by atoms with E-state index in [-0.39, 0.29) is 5.75 Å². The molecule has 0 spiro atoms. The van der Waals surface area contributed by atoms with Gasteiger partial charge in [0.15, 0.2) is 0 Å². The van der Waals surface area contributed by atoms with Crippen molar-refractivity contribution in [1.29, 1.82) is 0 Å². The fourth-order valence-electron chi connectivity index (χ4n) is 2.64. The Morgan fingerprint density at radius 2 is 2.13 bits per heavy atom. The van der Waals surface area contributed by atoms with Crippen molar-refractivity contribution in [3.05, 3.63) is 0 Å². The maximum Gasteiger partial charge on any atom is 0.213 e. The quantitative estimate of drug-likeness (QED) is 0.743.